The molecule has 0 fully saturated rings. The highest BCUT2D eigenvalue weighted by atomic mass is 16.5. The summed E-state index contributed by atoms with van der Waals surface area (Å²) in [5, 5.41) is 11.6. The van der Waals surface area contributed by atoms with E-state index in [9.17, 15) is 0 Å². The van der Waals surface area contributed by atoms with Crippen LogP contribution in [0.3, 0.4) is 0 Å². The lowest BCUT2D eigenvalue weighted by molar-refractivity contribution is 0.177. The smallest absolute Gasteiger partial charge is 0.191 e. The van der Waals surface area contributed by atoms with E-state index in [1.165, 1.54) is 11.1 Å². The molecule has 0 spiro atoms. The zero-order valence-corrected chi connectivity index (χ0v) is 17.4. The molecule has 1 atom stereocenters. The third-order valence-electron chi connectivity index (χ3n) is 5.67. The Bertz CT molecular complexity index is 847. The third-order valence-corrected chi connectivity index (χ3v) is 5.67. The fourth-order valence-corrected chi connectivity index (χ4v) is 4.13. The lowest BCUT2D eigenvalue weighted by Crippen LogP contribution is -2.48. The summed E-state index contributed by atoms with van der Waals surface area (Å²) in [6.45, 7) is 5.30. The largest absolute Gasteiger partial charge is 0.377 e. The van der Waals surface area contributed by atoms with E-state index in [4.69, 9.17) is 4.74 Å². The number of aliphatic imine (C=N–C) groups is 1. The van der Waals surface area contributed by atoms with E-state index < -0.39 is 0 Å². The molecule has 0 aliphatic carbocycles. The summed E-state index contributed by atoms with van der Waals surface area (Å²) in [6.07, 6.45) is 3.07. The van der Waals surface area contributed by atoms with E-state index in [1.807, 2.05) is 11.7 Å². The molecule has 1 aromatic heterocycles. The first-order chi connectivity index (χ1) is 14.2. The minimum absolute atomic E-state index is 0.299. The van der Waals surface area contributed by atoms with Crippen LogP contribution in [0.5, 0.6) is 0 Å². The van der Waals surface area contributed by atoms with Gasteiger partial charge in [-0.05, 0) is 24.0 Å². The van der Waals surface area contributed by atoms with Gasteiger partial charge < -0.3 is 15.4 Å². The van der Waals surface area contributed by atoms with Gasteiger partial charge in [0.15, 0.2) is 11.8 Å². The zero-order chi connectivity index (χ0) is 20.1. The monoisotopic (exact) mass is 397 g/mol. The van der Waals surface area contributed by atoms with Crippen LogP contribution in [0.1, 0.15) is 29.2 Å². The molecular weight excluding hydrogens is 366 g/mol. The Morgan fingerprint density at radius 2 is 2.14 bits per heavy atom. The van der Waals surface area contributed by atoms with Gasteiger partial charge in [0.1, 0.15) is 12.4 Å². The number of aromatic nitrogens is 3. The molecule has 29 heavy (non-hydrogen) atoms. The summed E-state index contributed by atoms with van der Waals surface area (Å²) >= 11 is 0. The van der Waals surface area contributed by atoms with E-state index in [0.29, 0.717) is 12.6 Å². The maximum atomic E-state index is 5.14. The van der Waals surface area contributed by atoms with Gasteiger partial charge in [-0.25, -0.2) is 9.67 Å². The number of hydrogen-bond acceptors (Lipinski definition) is 5. The summed E-state index contributed by atoms with van der Waals surface area (Å²) < 4.78 is 7.14. The van der Waals surface area contributed by atoms with E-state index in [1.54, 1.807) is 7.11 Å². The summed E-state index contributed by atoms with van der Waals surface area (Å²) in [5.41, 5.74) is 2.95. The molecule has 8 nitrogen and oxygen atoms in total. The Kier molecular flexibility index (Phi) is 6.41. The fourth-order valence-electron chi connectivity index (χ4n) is 4.13. The number of rotatable bonds is 6. The number of fused-ring (bicyclic) bond motifs is 2. The van der Waals surface area contributed by atoms with E-state index >= 15 is 0 Å². The maximum absolute atomic E-state index is 5.14. The minimum Gasteiger partial charge on any atom is -0.377 e. The van der Waals surface area contributed by atoms with Crippen molar-refractivity contribution in [1.29, 1.82) is 0 Å². The van der Waals surface area contributed by atoms with Gasteiger partial charge in [0.2, 0.25) is 0 Å². The number of hydrogen-bond donors (Lipinski definition) is 2. The summed E-state index contributed by atoms with van der Waals surface area (Å²) in [4.78, 5) is 11.4. The topological polar surface area (TPSA) is 79.6 Å². The molecule has 1 aromatic carbocycles. The molecule has 4 rings (SSSR count). The first-order valence-electron chi connectivity index (χ1n) is 10.4. The Morgan fingerprint density at radius 1 is 1.28 bits per heavy atom. The maximum Gasteiger partial charge on any atom is 0.191 e. The van der Waals surface area contributed by atoms with Crippen LogP contribution in [0.4, 0.5) is 0 Å². The van der Waals surface area contributed by atoms with E-state index in [2.05, 4.69) is 54.9 Å². The molecule has 0 saturated heterocycles. The first-order valence-corrected chi connectivity index (χ1v) is 10.4. The van der Waals surface area contributed by atoms with Crippen molar-refractivity contribution in [2.24, 2.45) is 4.99 Å². The van der Waals surface area contributed by atoms with Crippen molar-refractivity contribution in [2.75, 3.05) is 33.8 Å². The minimum atomic E-state index is 0.299. The Hall–Kier alpha value is -2.45. The standard InChI is InChI=1S/C21H31N7O/c1-22-21(23-10-12-27-11-9-16-5-3-4-6-17(16)13-27)24-18-7-8-20-25-19(15-29-2)26-28(20)14-18/h3-6,18H,7-15H2,1-2H3,(H2,22,23,24). The van der Waals surface area contributed by atoms with Gasteiger partial charge in [-0.15, -0.1) is 0 Å². The van der Waals surface area contributed by atoms with Gasteiger partial charge in [0, 0.05) is 52.8 Å². The second-order valence-electron chi connectivity index (χ2n) is 7.73. The van der Waals surface area contributed by atoms with Crippen LogP contribution in [0.25, 0.3) is 0 Å². The molecule has 0 bridgehead atoms. The van der Waals surface area contributed by atoms with Crippen molar-refractivity contribution in [3.8, 4) is 0 Å². The summed E-state index contributed by atoms with van der Waals surface area (Å²) in [7, 11) is 3.50. The number of nitrogens with one attached hydrogen (secondary N) is 2. The lowest BCUT2D eigenvalue weighted by atomic mass is 10.00. The number of ether oxygens (including phenoxy) is 1. The van der Waals surface area contributed by atoms with Gasteiger partial charge in [-0.1, -0.05) is 24.3 Å². The average molecular weight is 398 g/mol. The molecule has 0 saturated carbocycles. The van der Waals surface area contributed by atoms with Crippen LogP contribution in [-0.2, 0) is 37.3 Å². The Balaban J connectivity index is 1.23. The zero-order valence-electron chi connectivity index (χ0n) is 17.4. The van der Waals surface area contributed by atoms with Crippen LogP contribution in [0.2, 0.25) is 0 Å². The molecule has 8 heteroatoms. The van der Waals surface area contributed by atoms with Crippen LogP contribution < -0.4 is 10.6 Å². The molecule has 1 unspecified atom stereocenters. The molecule has 0 radical (unpaired) electrons. The summed E-state index contributed by atoms with van der Waals surface area (Å²) in [6, 6.07) is 9.06. The van der Waals surface area contributed by atoms with Gasteiger partial charge >= 0.3 is 0 Å². The van der Waals surface area contributed by atoms with Gasteiger partial charge in [-0.3, -0.25) is 9.89 Å². The highest BCUT2D eigenvalue weighted by Gasteiger charge is 2.22. The SMILES string of the molecule is CN=C(NCCN1CCc2ccccc2C1)NC1CCc2nc(COC)nn2C1. The molecule has 2 aromatic rings. The second-order valence-corrected chi connectivity index (χ2v) is 7.73. The summed E-state index contributed by atoms with van der Waals surface area (Å²) in [5.74, 6) is 2.66. The fraction of sp³-hybridized carbons (Fsp3) is 0.571. The van der Waals surface area contributed by atoms with Crippen LogP contribution in [-0.4, -0.2) is 65.5 Å². The van der Waals surface area contributed by atoms with Crippen LogP contribution >= 0.6 is 0 Å². The highest BCUT2D eigenvalue weighted by molar-refractivity contribution is 5.79. The van der Waals surface area contributed by atoms with E-state index in [-0.39, 0.29) is 0 Å². The van der Waals surface area contributed by atoms with Crippen LogP contribution in [0.15, 0.2) is 29.3 Å². The number of benzene rings is 1. The molecular formula is C21H31N7O. The Labute approximate surface area is 172 Å². The number of aryl methyl sites for hydroxylation is 1. The second kappa shape index (κ2) is 9.37. The van der Waals surface area contributed by atoms with Crippen molar-refractivity contribution < 1.29 is 4.74 Å². The lowest BCUT2D eigenvalue weighted by Gasteiger charge is -2.29. The molecule has 2 aliphatic heterocycles. The normalized spacial score (nSPS) is 19.5. The van der Waals surface area contributed by atoms with Crippen molar-refractivity contribution in [3.05, 3.63) is 47.0 Å². The Morgan fingerprint density at radius 3 is 2.97 bits per heavy atom. The predicted molar refractivity (Wildman–Crippen MR) is 113 cm³/mol. The third kappa shape index (κ3) is 4.94. The molecule has 2 aliphatic rings. The molecule has 3 heterocycles. The van der Waals surface area contributed by atoms with Crippen molar-refractivity contribution in [2.45, 2.75) is 45.0 Å². The van der Waals surface area contributed by atoms with Gasteiger partial charge in [-0.2, -0.15) is 5.10 Å². The predicted octanol–water partition coefficient (Wildman–Crippen LogP) is 0.963. The number of guanidine groups is 1. The average Bonchev–Trinajstić information content (AvgIpc) is 3.15. The van der Waals surface area contributed by atoms with Gasteiger partial charge in [0.25, 0.3) is 0 Å². The quantitative estimate of drug-likeness (QED) is 0.558. The van der Waals surface area contributed by atoms with E-state index in [0.717, 1.165) is 69.6 Å². The molecule has 2 N–H and O–H groups in total. The van der Waals surface area contributed by atoms with Crippen molar-refractivity contribution in [3.63, 3.8) is 0 Å². The first kappa shape index (κ1) is 19.8. The molecule has 156 valence electrons. The number of nitrogens with zero attached hydrogens (tertiary/aromatic N) is 5. The van der Waals surface area contributed by atoms with Gasteiger partial charge in [0.05, 0.1) is 6.54 Å². The molecule has 0 amide bonds. The van der Waals surface area contributed by atoms with Crippen molar-refractivity contribution >= 4 is 5.96 Å². The van der Waals surface area contributed by atoms with Crippen molar-refractivity contribution in [1.82, 2.24) is 30.3 Å². The highest BCUT2D eigenvalue weighted by Crippen LogP contribution is 2.18. The number of methoxy groups -OCH3 is 1. The van der Waals surface area contributed by atoms with Crippen LogP contribution in [0, 0.1) is 0 Å².